The van der Waals surface area contributed by atoms with Crippen LogP contribution in [0.2, 0.25) is 0 Å². The predicted octanol–water partition coefficient (Wildman–Crippen LogP) is -0.972. The van der Waals surface area contributed by atoms with Crippen molar-refractivity contribution in [2.75, 3.05) is 13.1 Å². The third kappa shape index (κ3) is 4.41. The van der Waals surface area contributed by atoms with E-state index in [0.29, 0.717) is 0 Å². The van der Waals surface area contributed by atoms with Gasteiger partial charge in [-0.15, -0.1) is 0 Å². The van der Waals surface area contributed by atoms with E-state index in [1.54, 1.807) is 0 Å². The minimum absolute atomic E-state index is 0. The first-order valence-electron chi connectivity index (χ1n) is 6.23. The van der Waals surface area contributed by atoms with Crippen molar-refractivity contribution in [2.45, 2.75) is 64.8 Å². The van der Waals surface area contributed by atoms with Crippen LogP contribution in [0.3, 0.4) is 0 Å². The number of rotatable bonds is 5. The van der Waals surface area contributed by atoms with Gasteiger partial charge >= 0.3 is 0 Å². The number of unbranched alkanes of at least 4 members (excludes halogenated alkanes) is 1. The minimum Gasteiger partial charge on any atom is -1.00 e. The molecule has 2 unspecified atom stereocenters. The van der Waals surface area contributed by atoms with Crippen molar-refractivity contribution in [3.8, 4) is 0 Å². The van der Waals surface area contributed by atoms with Gasteiger partial charge < -0.3 is 9.60 Å². The lowest BCUT2D eigenvalue weighted by Crippen LogP contribution is -3.16. The summed E-state index contributed by atoms with van der Waals surface area (Å²) in [5, 5.41) is 0. The molecule has 0 aromatic carbocycles. The van der Waals surface area contributed by atoms with Crippen LogP contribution in [-0.2, 0) is 0 Å². The molecule has 1 rings (SSSR count). The standard InChI is InChI=1S/C12H25N.FH/c1-3-5-10-13-11-7-6-9-12(13)8-4-2;/h12H,3-11H2,1-2H3;1H. The molecule has 1 N–H and O–H groups in total. The predicted molar refractivity (Wildman–Crippen MR) is 58.2 cm³/mol. The maximum atomic E-state index is 2.33. The Morgan fingerprint density at radius 1 is 1.14 bits per heavy atom. The van der Waals surface area contributed by atoms with Gasteiger partial charge in [-0.25, -0.2) is 0 Å². The highest BCUT2D eigenvalue weighted by Gasteiger charge is 2.23. The topological polar surface area (TPSA) is 4.44 Å². The van der Waals surface area contributed by atoms with Gasteiger partial charge in [-0.3, -0.25) is 0 Å². The second-order valence-corrected chi connectivity index (χ2v) is 4.49. The lowest BCUT2D eigenvalue weighted by atomic mass is 9.98. The van der Waals surface area contributed by atoms with E-state index in [9.17, 15) is 0 Å². The van der Waals surface area contributed by atoms with Crippen LogP contribution in [0, 0.1) is 0 Å². The number of likely N-dealkylation sites (tertiary alicyclic amines) is 1. The van der Waals surface area contributed by atoms with Crippen molar-refractivity contribution >= 4 is 0 Å². The molecule has 0 bridgehead atoms. The maximum Gasteiger partial charge on any atom is 0.0874 e. The molecule has 1 aliphatic heterocycles. The van der Waals surface area contributed by atoms with Crippen LogP contribution in [0.1, 0.15) is 58.8 Å². The summed E-state index contributed by atoms with van der Waals surface area (Å²) in [6, 6.07) is 1.00. The molecule has 14 heavy (non-hydrogen) atoms. The molecule has 1 saturated heterocycles. The summed E-state index contributed by atoms with van der Waals surface area (Å²) in [6.45, 7) is 7.51. The van der Waals surface area contributed by atoms with E-state index < -0.39 is 0 Å². The molecule has 0 radical (unpaired) electrons. The summed E-state index contributed by atoms with van der Waals surface area (Å²) in [4.78, 5) is 1.91. The fourth-order valence-electron chi connectivity index (χ4n) is 2.58. The molecular weight excluding hydrogens is 177 g/mol. The third-order valence-corrected chi connectivity index (χ3v) is 3.37. The first-order valence-corrected chi connectivity index (χ1v) is 6.23. The number of halogens is 1. The lowest BCUT2D eigenvalue weighted by molar-refractivity contribution is -0.931. The fourth-order valence-corrected chi connectivity index (χ4v) is 2.58. The molecule has 1 aliphatic rings. The highest BCUT2D eigenvalue weighted by Crippen LogP contribution is 2.07. The van der Waals surface area contributed by atoms with Crippen molar-refractivity contribution in [1.29, 1.82) is 0 Å². The number of nitrogens with one attached hydrogen (secondary N) is 1. The maximum absolute atomic E-state index is 2.33. The van der Waals surface area contributed by atoms with E-state index in [4.69, 9.17) is 0 Å². The Kier molecular flexibility index (Phi) is 8.15. The normalized spacial score (nSPS) is 27.0. The second-order valence-electron chi connectivity index (χ2n) is 4.49. The first-order chi connectivity index (χ1) is 6.38. The van der Waals surface area contributed by atoms with Gasteiger partial charge in [0.25, 0.3) is 0 Å². The molecule has 0 amide bonds. The van der Waals surface area contributed by atoms with Crippen molar-refractivity contribution in [3.05, 3.63) is 0 Å². The van der Waals surface area contributed by atoms with Gasteiger partial charge in [-0.2, -0.15) is 0 Å². The molecule has 2 heteroatoms. The van der Waals surface area contributed by atoms with Gasteiger partial charge in [0.1, 0.15) is 0 Å². The van der Waals surface area contributed by atoms with Crippen molar-refractivity contribution in [1.82, 2.24) is 0 Å². The fraction of sp³-hybridized carbons (Fsp3) is 1.00. The molecule has 0 aromatic rings. The molecule has 0 aromatic heterocycles. The largest absolute Gasteiger partial charge is 1.00 e. The van der Waals surface area contributed by atoms with Crippen LogP contribution < -0.4 is 9.60 Å². The lowest BCUT2D eigenvalue weighted by Gasteiger charge is -2.32. The number of hydrogen-bond acceptors (Lipinski definition) is 0. The SMILES string of the molecule is CCCC[NH+]1CCCCC1CCC.[F-]. The van der Waals surface area contributed by atoms with Crippen LogP contribution >= 0.6 is 0 Å². The summed E-state index contributed by atoms with van der Waals surface area (Å²) in [6.07, 6.45) is 10.1. The Bertz CT molecular complexity index is 125. The first kappa shape index (κ1) is 13.9. The number of hydrogen-bond donors (Lipinski definition) is 1. The van der Waals surface area contributed by atoms with E-state index in [1.165, 1.54) is 58.0 Å². The average molecular weight is 203 g/mol. The number of quaternary nitrogens is 1. The molecule has 0 saturated carbocycles. The van der Waals surface area contributed by atoms with E-state index in [0.717, 1.165) is 6.04 Å². The summed E-state index contributed by atoms with van der Waals surface area (Å²) in [5.74, 6) is 0. The van der Waals surface area contributed by atoms with Crippen molar-refractivity contribution in [3.63, 3.8) is 0 Å². The summed E-state index contributed by atoms with van der Waals surface area (Å²) in [5.41, 5.74) is 0. The van der Waals surface area contributed by atoms with Crippen LogP contribution in [0.15, 0.2) is 0 Å². The van der Waals surface area contributed by atoms with Gasteiger partial charge in [-0.1, -0.05) is 26.7 Å². The van der Waals surface area contributed by atoms with Gasteiger partial charge in [0.2, 0.25) is 0 Å². The Morgan fingerprint density at radius 3 is 2.57 bits per heavy atom. The monoisotopic (exact) mass is 203 g/mol. The quantitative estimate of drug-likeness (QED) is 0.586. The van der Waals surface area contributed by atoms with E-state index in [2.05, 4.69) is 13.8 Å². The molecular formula is C12H26FN. The summed E-state index contributed by atoms with van der Waals surface area (Å²) in [7, 11) is 0. The van der Waals surface area contributed by atoms with E-state index in [1.807, 2.05) is 4.90 Å². The van der Waals surface area contributed by atoms with Crippen molar-refractivity contribution < 1.29 is 9.60 Å². The molecule has 86 valence electrons. The highest BCUT2D eigenvalue weighted by atomic mass is 19.0. The van der Waals surface area contributed by atoms with Gasteiger partial charge in [-0.05, 0) is 32.1 Å². The molecule has 1 fully saturated rings. The molecule has 0 spiro atoms. The Balaban J connectivity index is 0.00000169. The van der Waals surface area contributed by atoms with Crippen LogP contribution in [0.25, 0.3) is 0 Å². The van der Waals surface area contributed by atoms with Gasteiger partial charge in [0.05, 0.1) is 19.1 Å². The van der Waals surface area contributed by atoms with Gasteiger partial charge in [0.15, 0.2) is 0 Å². The summed E-state index contributed by atoms with van der Waals surface area (Å²) >= 11 is 0. The highest BCUT2D eigenvalue weighted by molar-refractivity contribution is 4.60. The molecule has 1 heterocycles. The van der Waals surface area contributed by atoms with Crippen molar-refractivity contribution in [2.24, 2.45) is 0 Å². The summed E-state index contributed by atoms with van der Waals surface area (Å²) < 4.78 is 0. The molecule has 0 aliphatic carbocycles. The van der Waals surface area contributed by atoms with Crippen LogP contribution in [0.5, 0.6) is 0 Å². The number of piperidine rings is 1. The zero-order chi connectivity index (χ0) is 9.52. The van der Waals surface area contributed by atoms with E-state index >= 15 is 0 Å². The zero-order valence-corrected chi connectivity index (χ0v) is 9.82. The van der Waals surface area contributed by atoms with Gasteiger partial charge in [0, 0.05) is 0 Å². The smallest absolute Gasteiger partial charge is 0.0874 e. The Morgan fingerprint density at radius 2 is 1.93 bits per heavy atom. The Labute approximate surface area is 88.2 Å². The van der Waals surface area contributed by atoms with E-state index in [-0.39, 0.29) is 4.70 Å². The van der Waals surface area contributed by atoms with Crippen LogP contribution in [0.4, 0.5) is 0 Å². The molecule has 2 atom stereocenters. The third-order valence-electron chi connectivity index (χ3n) is 3.37. The zero-order valence-electron chi connectivity index (χ0n) is 9.82. The second kappa shape index (κ2) is 8.22. The Hall–Kier alpha value is -0.110. The average Bonchev–Trinajstić information content (AvgIpc) is 2.17. The minimum atomic E-state index is 0. The molecule has 1 nitrogen and oxygen atoms in total. The van der Waals surface area contributed by atoms with Crippen LogP contribution in [-0.4, -0.2) is 19.1 Å².